The normalized spacial score (nSPS) is 10.3. The molecule has 0 fully saturated rings. The number of benzene rings is 2. The molecule has 0 aliphatic heterocycles. The lowest BCUT2D eigenvalue weighted by molar-refractivity contribution is -0.120. The molecule has 2 aromatic rings. The number of amides is 1. The van der Waals surface area contributed by atoms with Crippen LogP contribution in [0.1, 0.15) is 17.5 Å². The molecular formula is C19H23NO3S. The number of thioether (sulfide) groups is 1. The summed E-state index contributed by atoms with van der Waals surface area (Å²) in [4.78, 5) is 13.1. The van der Waals surface area contributed by atoms with E-state index in [-0.39, 0.29) is 5.91 Å². The number of ether oxygens (including phenoxy) is 2. The third-order valence-corrected chi connectivity index (χ3v) is 4.57. The molecule has 1 amide bonds. The van der Waals surface area contributed by atoms with Crippen LogP contribution in [0.4, 0.5) is 0 Å². The zero-order chi connectivity index (χ0) is 17.4. The summed E-state index contributed by atoms with van der Waals surface area (Å²) in [5, 5.41) is 2.93. The molecule has 0 aromatic heterocycles. The van der Waals surface area contributed by atoms with Crippen LogP contribution in [0.3, 0.4) is 0 Å². The van der Waals surface area contributed by atoms with Gasteiger partial charge in [-0.15, -0.1) is 11.8 Å². The van der Waals surface area contributed by atoms with Gasteiger partial charge in [0.05, 0.1) is 14.2 Å². The summed E-state index contributed by atoms with van der Waals surface area (Å²) in [6, 6.07) is 14.0. The average Bonchev–Trinajstić information content (AvgIpc) is 2.61. The first-order valence-corrected chi connectivity index (χ1v) is 8.78. The number of methoxy groups -OCH3 is 2. The Kier molecular flexibility index (Phi) is 7.00. The topological polar surface area (TPSA) is 47.6 Å². The fourth-order valence-corrected chi connectivity index (χ4v) is 3.03. The van der Waals surface area contributed by atoms with Crippen LogP contribution in [0.5, 0.6) is 11.5 Å². The van der Waals surface area contributed by atoms with E-state index in [1.54, 1.807) is 26.0 Å². The molecule has 2 aromatic carbocycles. The number of hydrogen-bond donors (Lipinski definition) is 1. The molecule has 1 N–H and O–H groups in total. The fraction of sp³-hybridized carbons (Fsp3) is 0.316. The minimum absolute atomic E-state index is 0.0457. The molecule has 2 rings (SSSR count). The van der Waals surface area contributed by atoms with E-state index in [0.717, 1.165) is 11.3 Å². The summed E-state index contributed by atoms with van der Waals surface area (Å²) in [7, 11) is 3.20. The van der Waals surface area contributed by atoms with Gasteiger partial charge >= 0.3 is 0 Å². The van der Waals surface area contributed by atoms with Gasteiger partial charge in [-0.2, -0.15) is 0 Å². The molecular weight excluding hydrogens is 322 g/mol. The van der Waals surface area contributed by atoms with Crippen molar-refractivity contribution in [1.29, 1.82) is 0 Å². The molecule has 0 spiro atoms. The second-order valence-corrected chi connectivity index (χ2v) is 6.55. The van der Waals surface area contributed by atoms with Crippen LogP contribution in [0.2, 0.25) is 0 Å². The zero-order valence-corrected chi connectivity index (χ0v) is 15.1. The van der Waals surface area contributed by atoms with E-state index in [9.17, 15) is 4.79 Å². The Labute approximate surface area is 147 Å². The number of hydrogen-bond acceptors (Lipinski definition) is 4. The van der Waals surface area contributed by atoms with Crippen molar-refractivity contribution in [2.45, 2.75) is 24.8 Å². The van der Waals surface area contributed by atoms with Crippen molar-refractivity contribution in [1.82, 2.24) is 5.32 Å². The lowest BCUT2D eigenvalue weighted by Crippen LogP contribution is -2.23. The molecule has 0 atom stereocenters. The summed E-state index contributed by atoms with van der Waals surface area (Å²) in [5.74, 6) is 2.16. The Morgan fingerprint density at radius 1 is 1.04 bits per heavy atom. The van der Waals surface area contributed by atoms with Crippen molar-refractivity contribution < 1.29 is 14.3 Å². The molecule has 0 saturated carbocycles. The van der Waals surface area contributed by atoms with Crippen LogP contribution in [0.15, 0.2) is 47.4 Å². The van der Waals surface area contributed by atoms with Gasteiger partial charge in [0, 0.05) is 23.6 Å². The standard InChI is InChI=1S/C19H23NO3S/c1-14-4-7-16(8-5-14)24-11-10-19(21)20-13-15-6-9-17(22-2)18(12-15)23-3/h4-9,12H,10-11,13H2,1-3H3,(H,20,21). The van der Waals surface area contributed by atoms with Crippen molar-refractivity contribution in [2.24, 2.45) is 0 Å². The van der Waals surface area contributed by atoms with Crippen molar-refractivity contribution in [3.8, 4) is 11.5 Å². The minimum Gasteiger partial charge on any atom is -0.493 e. The molecule has 128 valence electrons. The first kappa shape index (κ1) is 18.2. The highest BCUT2D eigenvalue weighted by Crippen LogP contribution is 2.27. The molecule has 0 unspecified atom stereocenters. The smallest absolute Gasteiger partial charge is 0.221 e. The summed E-state index contributed by atoms with van der Waals surface area (Å²) in [6.07, 6.45) is 0.492. The zero-order valence-electron chi connectivity index (χ0n) is 14.3. The molecule has 0 saturated heterocycles. The number of carbonyl (C=O) groups excluding carboxylic acids is 1. The Balaban J connectivity index is 1.75. The molecule has 0 radical (unpaired) electrons. The highest BCUT2D eigenvalue weighted by molar-refractivity contribution is 7.99. The first-order chi connectivity index (χ1) is 11.6. The summed E-state index contributed by atoms with van der Waals surface area (Å²) >= 11 is 1.69. The van der Waals surface area contributed by atoms with Gasteiger partial charge in [-0.05, 0) is 36.8 Å². The van der Waals surface area contributed by atoms with E-state index in [1.807, 2.05) is 18.2 Å². The van der Waals surface area contributed by atoms with Crippen LogP contribution < -0.4 is 14.8 Å². The van der Waals surface area contributed by atoms with Gasteiger partial charge in [0.25, 0.3) is 0 Å². The number of aryl methyl sites for hydroxylation is 1. The molecule has 24 heavy (non-hydrogen) atoms. The third kappa shape index (κ3) is 5.49. The highest BCUT2D eigenvalue weighted by Gasteiger charge is 2.06. The van der Waals surface area contributed by atoms with E-state index in [4.69, 9.17) is 9.47 Å². The molecule has 0 aliphatic carbocycles. The SMILES string of the molecule is COc1ccc(CNC(=O)CCSc2ccc(C)cc2)cc1OC. The van der Waals surface area contributed by atoms with Crippen LogP contribution >= 0.6 is 11.8 Å². The van der Waals surface area contributed by atoms with E-state index in [2.05, 4.69) is 36.5 Å². The van der Waals surface area contributed by atoms with Crippen molar-refractivity contribution >= 4 is 17.7 Å². The molecule has 0 aliphatic rings. The van der Waals surface area contributed by atoms with Gasteiger partial charge in [-0.1, -0.05) is 23.8 Å². The van der Waals surface area contributed by atoms with Gasteiger partial charge in [-0.25, -0.2) is 0 Å². The second kappa shape index (κ2) is 9.23. The Hall–Kier alpha value is -2.14. The number of nitrogens with one attached hydrogen (secondary N) is 1. The average molecular weight is 345 g/mol. The monoisotopic (exact) mass is 345 g/mol. The van der Waals surface area contributed by atoms with Crippen molar-refractivity contribution in [3.05, 3.63) is 53.6 Å². The Morgan fingerprint density at radius 2 is 1.75 bits per heavy atom. The lowest BCUT2D eigenvalue weighted by atomic mass is 10.2. The maximum absolute atomic E-state index is 12.0. The van der Waals surface area contributed by atoms with Gasteiger partial charge in [0.1, 0.15) is 0 Å². The van der Waals surface area contributed by atoms with Gasteiger partial charge in [0.2, 0.25) is 5.91 Å². The highest BCUT2D eigenvalue weighted by atomic mass is 32.2. The summed E-state index contributed by atoms with van der Waals surface area (Å²) in [5.41, 5.74) is 2.22. The molecule has 4 nitrogen and oxygen atoms in total. The van der Waals surface area contributed by atoms with Crippen molar-refractivity contribution in [2.75, 3.05) is 20.0 Å². The van der Waals surface area contributed by atoms with Gasteiger partial charge < -0.3 is 14.8 Å². The molecule has 0 heterocycles. The minimum atomic E-state index is 0.0457. The Bertz CT molecular complexity index is 671. The summed E-state index contributed by atoms with van der Waals surface area (Å²) in [6.45, 7) is 2.55. The summed E-state index contributed by atoms with van der Waals surface area (Å²) < 4.78 is 10.5. The quantitative estimate of drug-likeness (QED) is 0.739. The molecule has 0 bridgehead atoms. The van der Waals surface area contributed by atoms with Crippen molar-refractivity contribution in [3.63, 3.8) is 0 Å². The molecule has 5 heteroatoms. The lowest BCUT2D eigenvalue weighted by Gasteiger charge is -2.10. The van der Waals surface area contributed by atoms with Crippen LogP contribution in [0, 0.1) is 6.92 Å². The predicted molar refractivity (Wildman–Crippen MR) is 97.9 cm³/mol. The maximum atomic E-state index is 12.0. The van der Waals surface area contributed by atoms with Gasteiger partial charge in [0.15, 0.2) is 11.5 Å². The van der Waals surface area contributed by atoms with Crippen LogP contribution in [0.25, 0.3) is 0 Å². The van der Waals surface area contributed by atoms with Crippen LogP contribution in [-0.4, -0.2) is 25.9 Å². The first-order valence-electron chi connectivity index (χ1n) is 7.79. The van der Waals surface area contributed by atoms with Crippen LogP contribution in [-0.2, 0) is 11.3 Å². The van der Waals surface area contributed by atoms with E-state index >= 15 is 0 Å². The third-order valence-electron chi connectivity index (χ3n) is 3.56. The maximum Gasteiger partial charge on any atom is 0.221 e. The predicted octanol–water partition coefficient (Wildman–Crippen LogP) is 3.81. The fourth-order valence-electron chi connectivity index (χ4n) is 2.18. The number of carbonyl (C=O) groups is 1. The van der Waals surface area contributed by atoms with E-state index in [1.165, 1.54) is 10.5 Å². The largest absolute Gasteiger partial charge is 0.493 e. The Morgan fingerprint density at radius 3 is 2.42 bits per heavy atom. The second-order valence-electron chi connectivity index (χ2n) is 5.38. The number of rotatable bonds is 8. The van der Waals surface area contributed by atoms with E-state index in [0.29, 0.717) is 24.5 Å². The van der Waals surface area contributed by atoms with E-state index < -0.39 is 0 Å². The van der Waals surface area contributed by atoms with Gasteiger partial charge in [-0.3, -0.25) is 4.79 Å².